The van der Waals surface area contributed by atoms with Gasteiger partial charge in [0.2, 0.25) is 0 Å². The molecule has 0 aliphatic carbocycles. The highest BCUT2D eigenvalue weighted by Gasteiger charge is 1.99. The fraction of sp³-hybridized carbons (Fsp3) is 0.364. The lowest BCUT2D eigenvalue weighted by molar-refractivity contribution is 0.156. The van der Waals surface area contributed by atoms with Gasteiger partial charge >= 0.3 is 0 Å². The van der Waals surface area contributed by atoms with E-state index in [1.165, 1.54) is 0 Å². The van der Waals surface area contributed by atoms with E-state index in [1.807, 2.05) is 24.3 Å². The Bertz CT molecular complexity index is 310. The molecule has 0 bridgehead atoms. The third-order valence-electron chi connectivity index (χ3n) is 1.91. The van der Waals surface area contributed by atoms with E-state index < -0.39 is 0 Å². The van der Waals surface area contributed by atoms with E-state index in [0.717, 1.165) is 11.1 Å². The number of nitrogens with two attached hydrogens (primary N) is 1. The highest BCUT2D eigenvalue weighted by atomic mass is 16.5. The molecule has 3 nitrogen and oxygen atoms in total. The summed E-state index contributed by atoms with van der Waals surface area (Å²) < 4.78 is 5.34. The summed E-state index contributed by atoms with van der Waals surface area (Å²) in [6, 6.07) is 7.93. The molecule has 0 aromatic heterocycles. The molecule has 0 saturated carbocycles. The van der Waals surface area contributed by atoms with Crippen LogP contribution in [0.1, 0.15) is 18.1 Å². The van der Waals surface area contributed by atoms with Crippen LogP contribution in [0.5, 0.6) is 0 Å². The van der Waals surface area contributed by atoms with E-state index >= 15 is 0 Å². The van der Waals surface area contributed by atoms with E-state index in [4.69, 9.17) is 15.9 Å². The maximum absolute atomic E-state index is 7.21. The van der Waals surface area contributed by atoms with Crippen molar-refractivity contribution < 1.29 is 4.74 Å². The highest BCUT2D eigenvalue weighted by Crippen LogP contribution is 2.08. The van der Waals surface area contributed by atoms with Crippen molar-refractivity contribution in [3.63, 3.8) is 0 Å². The number of rotatable bonds is 5. The van der Waals surface area contributed by atoms with Gasteiger partial charge in [-0.05, 0) is 18.1 Å². The molecule has 0 heterocycles. The van der Waals surface area contributed by atoms with Crippen LogP contribution in [0.3, 0.4) is 0 Å². The minimum atomic E-state index is 0.388. The van der Waals surface area contributed by atoms with Crippen LogP contribution in [0.25, 0.3) is 0 Å². The van der Waals surface area contributed by atoms with Crippen molar-refractivity contribution in [2.45, 2.75) is 20.1 Å². The Hall–Kier alpha value is -1.19. The van der Waals surface area contributed by atoms with Crippen molar-refractivity contribution in [2.24, 2.45) is 5.73 Å². The van der Waals surface area contributed by atoms with Crippen molar-refractivity contribution in [3.8, 4) is 0 Å². The molecule has 14 heavy (non-hydrogen) atoms. The Morgan fingerprint density at radius 2 is 2.00 bits per heavy atom. The molecule has 76 valence electrons. The predicted molar refractivity (Wildman–Crippen MR) is 57.4 cm³/mol. The Morgan fingerprint density at radius 3 is 2.57 bits per heavy atom. The molecule has 1 aromatic rings. The minimum Gasteiger partial charge on any atom is -0.371 e. The molecule has 0 saturated heterocycles. The van der Waals surface area contributed by atoms with E-state index in [0.29, 0.717) is 25.5 Å². The first-order valence-corrected chi connectivity index (χ1v) is 4.62. The molecule has 0 atom stereocenters. The van der Waals surface area contributed by atoms with Gasteiger partial charge in [0.25, 0.3) is 0 Å². The van der Waals surface area contributed by atoms with Gasteiger partial charge in [-0.3, -0.25) is 0 Å². The number of hydrogen-bond acceptors (Lipinski definition) is 3. The average Bonchev–Trinajstić information content (AvgIpc) is 2.18. The van der Waals surface area contributed by atoms with Crippen molar-refractivity contribution in [1.29, 1.82) is 5.41 Å². The lowest BCUT2D eigenvalue weighted by Gasteiger charge is -2.07. The smallest absolute Gasteiger partial charge is 0.0843 e. The predicted octanol–water partition coefficient (Wildman–Crippen LogP) is 1.70. The Morgan fingerprint density at radius 1 is 1.36 bits per heavy atom. The second-order valence-corrected chi connectivity index (χ2v) is 3.25. The van der Waals surface area contributed by atoms with Crippen molar-refractivity contribution in [1.82, 2.24) is 0 Å². The largest absolute Gasteiger partial charge is 0.371 e. The van der Waals surface area contributed by atoms with Gasteiger partial charge in [0.15, 0.2) is 0 Å². The van der Waals surface area contributed by atoms with Crippen molar-refractivity contribution in [2.75, 3.05) is 6.61 Å². The molecule has 1 aromatic carbocycles. The van der Waals surface area contributed by atoms with Crippen LogP contribution in [0.4, 0.5) is 0 Å². The van der Waals surface area contributed by atoms with Gasteiger partial charge in [-0.15, -0.1) is 0 Å². The second kappa shape index (κ2) is 5.52. The van der Waals surface area contributed by atoms with E-state index in [2.05, 4.69) is 0 Å². The molecule has 0 radical (unpaired) electrons. The number of benzene rings is 1. The van der Waals surface area contributed by atoms with Gasteiger partial charge < -0.3 is 15.9 Å². The monoisotopic (exact) mass is 192 g/mol. The molecule has 0 fully saturated rings. The fourth-order valence-electron chi connectivity index (χ4n) is 1.21. The molecule has 0 aliphatic heterocycles. The SMILES string of the molecule is CC(=N)COCc1ccccc1CN. The van der Waals surface area contributed by atoms with Gasteiger partial charge in [-0.25, -0.2) is 0 Å². The maximum atomic E-state index is 7.21. The summed E-state index contributed by atoms with van der Waals surface area (Å²) in [6.45, 7) is 3.18. The molecule has 1 rings (SSSR count). The topological polar surface area (TPSA) is 59.1 Å². The lowest BCUT2D eigenvalue weighted by atomic mass is 10.1. The number of nitrogens with one attached hydrogen (secondary N) is 1. The van der Waals surface area contributed by atoms with E-state index in [9.17, 15) is 0 Å². The maximum Gasteiger partial charge on any atom is 0.0843 e. The first-order valence-electron chi connectivity index (χ1n) is 4.62. The van der Waals surface area contributed by atoms with Crippen molar-refractivity contribution >= 4 is 5.71 Å². The molecule has 0 aliphatic rings. The van der Waals surface area contributed by atoms with Gasteiger partial charge in [0.05, 0.1) is 13.2 Å². The Balaban J connectivity index is 2.53. The summed E-state index contributed by atoms with van der Waals surface area (Å²) in [5.41, 5.74) is 8.34. The first kappa shape index (κ1) is 10.9. The van der Waals surface area contributed by atoms with Crippen LogP contribution in [0.15, 0.2) is 24.3 Å². The summed E-state index contributed by atoms with van der Waals surface area (Å²) in [5.74, 6) is 0. The zero-order chi connectivity index (χ0) is 10.4. The average molecular weight is 192 g/mol. The van der Waals surface area contributed by atoms with Gasteiger partial charge in [0, 0.05) is 12.3 Å². The quantitative estimate of drug-likeness (QED) is 0.697. The summed E-state index contributed by atoms with van der Waals surface area (Å²) >= 11 is 0. The van der Waals surface area contributed by atoms with Crippen LogP contribution >= 0.6 is 0 Å². The van der Waals surface area contributed by atoms with E-state index in [-0.39, 0.29) is 0 Å². The Labute approximate surface area is 84.4 Å². The summed E-state index contributed by atoms with van der Waals surface area (Å²) in [6.07, 6.45) is 0. The molecule has 3 heteroatoms. The molecular formula is C11H16N2O. The standard InChI is InChI=1S/C11H16N2O/c1-9(13)7-14-8-11-5-3-2-4-10(11)6-12/h2-5,13H,6-8,12H2,1H3. The Kier molecular flexibility index (Phi) is 4.29. The minimum absolute atomic E-state index is 0.388. The molecule has 0 spiro atoms. The van der Waals surface area contributed by atoms with Crippen LogP contribution in [-0.2, 0) is 17.9 Å². The summed E-state index contributed by atoms with van der Waals surface area (Å²) in [4.78, 5) is 0. The van der Waals surface area contributed by atoms with Gasteiger partial charge in [-0.1, -0.05) is 24.3 Å². The number of hydrogen-bond donors (Lipinski definition) is 2. The normalized spacial score (nSPS) is 10.1. The van der Waals surface area contributed by atoms with Crippen molar-refractivity contribution in [3.05, 3.63) is 35.4 Å². The summed E-state index contributed by atoms with van der Waals surface area (Å²) in [7, 11) is 0. The first-order chi connectivity index (χ1) is 6.74. The third-order valence-corrected chi connectivity index (χ3v) is 1.91. The second-order valence-electron chi connectivity index (χ2n) is 3.25. The van der Waals surface area contributed by atoms with Crippen LogP contribution in [-0.4, -0.2) is 12.3 Å². The van der Waals surface area contributed by atoms with Crippen LogP contribution < -0.4 is 5.73 Å². The highest BCUT2D eigenvalue weighted by molar-refractivity contribution is 5.79. The third kappa shape index (κ3) is 3.28. The zero-order valence-electron chi connectivity index (χ0n) is 8.42. The molecular weight excluding hydrogens is 176 g/mol. The summed E-state index contributed by atoms with van der Waals surface area (Å²) in [5, 5.41) is 7.21. The fourth-order valence-corrected chi connectivity index (χ4v) is 1.21. The van der Waals surface area contributed by atoms with Crippen LogP contribution in [0.2, 0.25) is 0 Å². The lowest BCUT2D eigenvalue weighted by Crippen LogP contribution is -2.06. The van der Waals surface area contributed by atoms with E-state index in [1.54, 1.807) is 6.92 Å². The molecule has 0 amide bonds. The number of ether oxygens (including phenoxy) is 1. The zero-order valence-corrected chi connectivity index (χ0v) is 8.42. The van der Waals surface area contributed by atoms with Gasteiger partial charge in [-0.2, -0.15) is 0 Å². The molecule has 3 N–H and O–H groups in total. The molecule has 0 unspecified atom stereocenters. The van der Waals surface area contributed by atoms with Crippen LogP contribution in [0, 0.1) is 5.41 Å². The van der Waals surface area contributed by atoms with Gasteiger partial charge in [0.1, 0.15) is 0 Å².